The predicted octanol–water partition coefficient (Wildman–Crippen LogP) is 13.7. The van der Waals surface area contributed by atoms with Crippen LogP contribution in [0.5, 0.6) is 0 Å². The monoisotopic (exact) mass is 823 g/mol. The van der Waals surface area contributed by atoms with Crippen molar-refractivity contribution >= 4 is 13.7 Å². The molecular formula is C48H91N2O6P. The number of carbonyl (C=O) groups is 1. The molecule has 3 unspecified atom stereocenters. The summed E-state index contributed by atoms with van der Waals surface area (Å²) in [7, 11) is -4.35. The fourth-order valence-corrected chi connectivity index (χ4v) is 7.51. The highest BCUT2D eigenvalue weighted by Crippen LogP contribution is 2.43. The Balaban J connectivity index is 4.15. The third-order valence-electron chi connectivity index (χ3n) is 10.4. The van der Waals surface area contributed by atoms with E-state index in [9.17, 15) is 19.4 Å². The number of phosphoric acid groups is 1. The third kappa shape index (κ3) is 42.4. The SMILES string of the molecule is CCCCCCC/C=C/CC/C=C/CC/C=C/C(O)C(COP(=O)(O)OCCN)NC(=O)CCCCCCCCCCCCC/C=C\CCCCCCCCCC. The van der Waals surface area contributed by atoms with Crippen LogP contribution in [0, 0.1) is 0 Å². The molecule has 8 nitrogen and oxygen atoms in total. The summed E-state index contributed by atoms with van der Waals surface area (Å²) in [6, 6.07) is -0.884. The van der Waals surface area contributed by atoms with Crippen molar-refractivity contribution in [2.45, 2.75) is 231 Å². The van der Waals surface area contributed by atoms with Gasteiger partial charge in [-0.05, 0) is 70.6 Å². The van der Waals surface area contributed by atoms with Crippen LogP contribution >= 0.6 is 7.82 Å². The van der Waals surface area contributed by atoms with Gasteiger partial charge in [-0.15, -0.1) is 0 Å². The van der Waals surface area contributed by atoms with E-state index in [1.54, 1.807) is 6.08 Å². The highest BCUT2D eigenvalue weighted by Gasteiger charge is 2.26. The van der Waals surface area contributed by atoms with Gasteiger partial charge in [0.25, 0.3) is 0 Å². The number of carbonyl (C=O) groups excluding carboxylic acids is 1. The zero-order valence-corrected chi connectivity index (χ0v) is 38.0. The van der Waals surface area contributed by atoms with Crippen LogP contribution < -0.4 is 11.1 Å². The number of aliphatic hydroxyl groups is 1. The van der Waals surface area contributed by atoms with Crippen LogP contribution in [0.15, 0.2) is 48.6 Å². The molecule has 0 saturated carbocycles. The first-order valence-electron chi connectivity index (χ1n) is 23.8. The minimum absolute atomic E-state index is 0.0709. The average molecular weight is 823 g/mol. The Bertz CT molecular complexity index is 1030. The van der Waals surface area contributed by atoms with Crippen molar-refractivity contribution in [1.29, 1.82) is 0 Å². The molecular weight excluding hydrogens is 732 g/mol. The maximum absolute atomic E-state index is 12.8. The first-order chi connectivity index (χ1) is 27.9. The molecule has 0 rings (SSSR count). The lowest BCUT2D eigenvalue weighted by Crippen LogP contribution is -2.45. The number of amides is 1. The molecule has 0 fully saturated rings. The van der Waals surface area contributed by atoms with Crippen molar-refractivity contribution in [3.05, 3.63) is 48.6 Å². The molecule has 0 aromatic heterocycles. The van der Waals surface area contributed by atoms with Gasteiger partial charge in [0.2, 0.25) is 5.91 Å². The van der Waals surface area contributed by atoms with E-state index in [0.717, 1.165) is 44.9 Å². The van der Waals surface area contributed by atoms with Crippen molar-refractivity contribution in [3.63, 3.8) is 0 Å². The largest absolute Gasteiger partial charge is 0.472 e. The van der Waals surface area contributed by atoms with Crippen molar-refractivity contribution in [2.24, 2.45) is 5.73 Å². The summed E-state index contributed by atoms with van der Waals surface area (Å²) in [6.07, 6.45) is 54.6. The predicted molar refractivity (Wildman–Crippen MR) is 244 cm³/mol. The van der Waals surface area contributed by atoms with Gasteiger partial charge in [-0.3, -0.25) is 13.8 Å². The number of unbranched alkanes of at least 4 members (excludes halogenated alkanes) is 26. The normalized spacial score (nSPS) is 14.4. The first-order valence-corrected chi connectivity index (χ1v) is 25.3. The van der Waals surface area contributed by atoms with E-state index >= 15 is 0 Å². The fourth-order valence-electron chi connectivity index (χ4n) is 6.75. The number of hydrogen-bond donors (Lipinski definition) is 4. The Morgan fingerprint density at radius 1 is 0.561 bits per heavy atom. The molecule has 334 valence electrons. The van der Waals surface area contributed by atoms with E-state index in [0.29, 0.717) is 6.42 Å². The molecule has 0 aliphatic heterocycles. The van der Waals surface area contributed by atoms with E-state index in [4.69, 9.17) is 14.8 Å². The molecule has 0 heterocycles. The quantitative estimate of drug-likeness (QED) is 0.0273. The summed E-state index contributed by atoms with van der Waals surface area (Å²) in [5.41, 5.74) is 5.38. The number of allylic oxidation sites excluding steroid dienone is 7. The standard InChI is InChI=1S/C48H91N2O6P/c1-3-5-7-9-11-13-15-17-19-20-21-22-23-24-25-26-28-30-32-34-36-38-40-42-48(52)50-46(45-56-57(53,54)55-44-43-49)47(51)41-39-37-35-33-31-29-27-18-16-14-12-10-8-6-4-2/h16,18,20-21,31,33,39,41,46-47,51H,3-15,17,19,22-30,32,34-38,40,42-45,49H2,1-2H3,(H,50,52)(H,53,54)/b18-16+,21-20-,33-31+,41-39+. The third-order valence-corrected chi connectivity index (χ3v) is 11.3. The molecule has 5 N–H and O–H groups in total. The van der Waals surface area contributed by atoms with E-state index in [2.05, 4.69) is 55.6 Å². The maximum atomic E-state index is 12.8. The molecule has 0 spiro atoms. The van der Waals surface area contributed by atoms with Gasteiger partial charge >= 0.3 is 7.82 Å². The lowest BCUT2D eigenvalue weighted by atomic mass is 10.0. The molecule has 1 amide bonds. The average Bonchev–Trinajstić information content (AvgIpc) is 3.20. The summed E-state index contributed by atoms with van der Waals surface area (Å²) < 4.78 is 22.1. The van der Waals surface area contributed by atoms with Crippen molar-refractivity contribution in [3.8, 4) is 0 Å². The summed E-state index contributed by atoms with van der Waals surface area (Å²) in [5.74, 6) is -0.209. The van der Waals surface area contributed by atoms with Crippen molar-refractivity contribution < 1.29 is 28.4 Å². The van der Waals surface area contributed by atoms with E-state index in [1.807, 2.05) is 6.08 Å². The van der Waals surface area contributed by atoms with Crippen molar-refractivity contribution in [1.82, 2.24) is 5.32 Å². The number of aliphatic hydroxyl groups excluding tert-OH is 1. The molecule has 3 atom stereocenters. The van der Waals surface area contributed by atoms with Gasteiger partial charge < -0.3 is 21.1 Å². The van der Waals surface area contributed by atoms with Gasteiger partial charge in [-0.25, -0.2) is 4.57 Å². The van der Waals surface area contributed by atoms with E-state index < -0.39 is 20.0 Å². The number of nitrogens with one attached hydrogen (secondary N) is 1. The Hall–Kier alpha value is -1.54. The highest BCUT2D eigenvalue weighted by molar-refractivity contribution is 7.47. The van der Waals surface area contributed by atoms with Crippen LogP contribution in [-0.4, -0.2) is 47.8 Å². The number of nitrogens with two attached hydrogens (primary N) is 1. The van der Waals surface area contributed by atoms with Crippen LogP contribution in [0.4, 0.5) is 0 Å². The summed E-state index contributed by atoms with van der Waals surface area (Å²) in [6.45, 7) is 4.10. The van der Waals surface area contributed by atoms with Crippen LogP contribution in [0.3, 0.4) is 0 Å². The van der Waals surface area contributed by atoms with Crippen LogP contribution in [0.2, 0.25) is 0 Å². The summed E-state index contributed by atoms with van der Waals surface area (Å²) in [4.78, 5) is 22.7. The molecule has 0 aliphatic rings. The summed E-state index contributed by atoms with van der Waals surface area (Å²) in [5, 5.41) is 13.7. The fraction of sp³-hybridized carbons (Fsp3) is 0.812. The first kappa shape index (κ1) is 55.5. The molecule has 0 aliphatic carbocycles. The van der Waals surface area contributed by atoms with Gasteiger partial charge in [0.1, 0.15) is 0 Å². The molecule has 0 aromatic rings. The van der Waals surface area contributed by atoms with Crippen LogP contribution in [0.25, 0.3) is 0 Å². The Morgan fingerprint density at radius 3 is 1.35 bits per heavy atom. The second-order valence-corrected chi connectivity index (χ2v) is 17.4. The number of phosphoric ester groups is 1. The lowest BCUT2D eigenvalue weighted by Gasteiger charge is -2.23. The van der Waals surface area contributed by atoms with Gasteiger partial charge in [0, 0.05) is 13.0 Å². The minimum atomic E-state index is -4.35. The zero-order chi connectivity index (χ0) is 41.8. The zero-order valence-electron chi connectivity index (χ0n) is 37.1. The Morgan fingerprint density at radius 2 is 0.930 bits per heavy atom. The minimum Gasteiger partial charge on any atom is -0.387 e. The van der Waals surface area contributed by atoms with Crippen molar-refractivity contribution in [2.75, 3.05) is 19.8 Å². The number of hydrogen-bond acceptors (Lipinski definition) is 6. The number of rotatable bonds is 44. The lowest BCUT2D eigenvalue weighted by molar-refractivity contribution is -0.123. The van der Waals surface area contributed by atoms with Gasteiger partial charge in [-0.1, -0.05) is 191 Å². The summed E-state index contributed by atoms with van der Waals surface area (Å²) >= 11 is 0. The van der Waals surface area contributed by atoms with Crippen LogP contribution in [0.1, 0.15) is 219 Å². The van der Waals surface area contributed by atoms with E-state index in [-0.39, 0.29) is 25.7 Å². The smallest absolute Gasteiger partial charge is 0.387 e. The Kier molecular flexibility index (Phi) is 42.8. The molecule has 0 aromatic carbocycles. The van der Waals surface area contributed by atoms with Gasteiger partial charge in [0.05, 0.1) is 25.4 Å². The second kappa shape index (κ2) is 44.0. The molecule has 57 heavy (non-hydrogen) atoms. The van der Waals surface area contributed by atoms with Crippen LogP contribution in [-0.2, 0) is 18.4 Å². The molecule has 0 bridgehead atoms. The maximum Gasteiger partial charge on any atom is 0.472 e. The van der Waals surface area contributed by atoms with Gasteiger partial charge in [-0.2, -0.15) is 0 Å². The molecule has 0 saturated heterocycles. The topological polar surface area (TPSA) is 131 Å². The van der Waals surface area contributed by atoms with E-state index in [1.165, 1.54) is 154 Å². The molecule has 9 heteroatoms. The second-order valence-electron chi connectivity index (χ2n) is 15.9. The van der Waals surface area contributed by atoms with Gasteiger partial charge in [0.15, 0.2) is 0 Å². The molecule has 0 radical (unpaired) electrons. The highest BCUT2D eigenvalue weighted by atomic mass is 31.2. The Labute approximate surface area is 352 Å².